The van der Waals surface area contributed by atoms with Crippen molar-refractivity contribution >= 4 is 11.9 Å². The molecule has 126 valence electrons. The molecule has 23 heavy (non-hydrogen) atoms. The fourth-order valence-corrected chi connectivity index (χ4v) is 3.03. The van der Waals surface area contributed by atoms with Gasteiger partial charge in [0, 0.05) is 19.0 Å². The maximum atomic E-state index is 13.2. The largest absolute Gasteiger partial charge is 0.481 e. The first-order chi connectivity index (χ1) is 11.0. The second-order valence-corrected chi connectivity index (χ2v) is 5.94. The Hall–Kier alpha value is -1.95. The van der Waals surface area contributed by atoms with E-state index in [1.165, 1.54) is 18.2 Å². The Morgan fingerprint density at radius 2 is 2.13 bits per heavy atom. The van der Waals surface area contributed by atoms with E-state index in [1.807, 2.05) is 0 Å². The monoisotopic (exact) mass is 323 g/mol. The van der Waals surface area contributed by atoms with E-state index in [4.69, 9.17) is 5.11 Å². The Morgan fingerprint density at radius 1 is 1.35 bits per heavy atom. The molecule has 1 aliphatic heterocycles. The van der Waals surface area contributed by atoms with Crippen LogP contribution in [0.15, 0.2) is 24.3 Å². The number of likely N-dealkylation sites (tertiary alicyclic amines) is 1. The third-order valence-corrected chi connectivity index (χ3v) is 4.24. The van der Waals surface area contributed by atoms with E-state index in [0.29, 0.717) is 18.5 Å². The molecule has 0 radical (unpaired) electrons. The van der Waals surface area contributed by atoms with Gasteiger partial charge in [-0.3, -0.25) is 9.59 Å². The maximum Gasteiger partial charge on any atom is 0.303 e. The standard InChI is InChI=1S/C17H22FNO4/c18-13-5-3-4-12(10-13)15(20)11-16(21)19-9-2-1-6-14(19)7-8-17(22)23/h3-5,10,14-15,20H,1-2,6-9,11H2,(H,22,23)/t14-,15-/m0/s1. The van der Waals surface area contributed by atoms with Crippen molar-refractivity contribution in [1.82, 2.24) is 4.90 Å². The summed E-state index contributed by atoms with van der Waals surface area (Å²) >= 11 is 0. The van der Waals surface area contributed by atoms with Crippen LogP contribution in [0.1, 0.15) is 50.2 Å². The number of amides is 1. The molecule has 2 atom stereocenters. The highest BCUT2D eigenvalue weighted by molar-refractivity contribution is 5.77. The summed E-state index contributed by atoms with van der Waals surface area (Å²) in [5.74, 6) is -1.54. The van der Waals surface area contributed by atoms with Gasteiger partial charge >= 0.3 is 5.97 Å². The predicted molar refractivity (Wildman–Crippen MR) is 82.2 cm³/mol. The number of hydrogen-bond donors (Lipinski definition) is 2. The molecule has 0 aromatic heterocycles. The lowest BCUT2D eigenvalue weighted by atomic mass is 9.96. The summed E-state index contributed by atoms with van der Waals surface area (Å²) in [4.78, 5) is 24.9. The third-order valence-electron chi connectivity index (χ3n) is 4.24. The van der Waals surface area contributed by atoms with Crippen molar-refractivity contribution in [3.8, 4) is 0 Å². The Bertz CT molecular complexity index is 563. The Morgan fingerprint density at radius 3 is 2.83 bits per heavy atom. The zero-order chi connectivity index (χ0) is 16.8. The van der Waals surface area contributed by atoms with Crippen molar-refractivity contribution in [2.75, 3.05) is 6.54 Å². The molecule has 0 unspecified atom stereocenters. The van der Waals surface area contributed by atoms with Crippen LogP contribution in [-0.4, -0.2) is 39.6 Å². The third kappa shape index (κ3) is 5.03. The van der Waals surface area contributed by atoms with Crippen LogP contribution < -0.4 is 0 Å². The number of carbonyl (C=O) groups excluding carboxylic acids is 1. The second-order valence-electron chi connectivity index (χ2n) is 5.94. The van der Waals surface area contributed by atoms with E-state index in [1.54, 1.807) is 11.0 Å². The molecule has 0 spiro atoms. The highest BCUT2D eigenvalue weighted by atomic mass is 19.1. The lowest BCUT2D eigenvalue weighted by Crippen LogP contribution is -2.44. The molecule has 0 bridgehead atoms. The molecule has 6 heteroatoms. The minimum absolute atomic E-state index is 0.0287. The Kier molecular flexibility index (Phi) is 6.10. The highest BCUT2D eigenvalue weighted by Crippen LogP contribution is 2.25. The number of carbonyl (C=O) groups is 2. The lowest BCUT2D eigenvalue weighted by molar-refractivity contribution is -0.141. The number of rotatable bonds is 6. The van der Waals surface area contributed by atoms with Gasteiger partial charge in [-0.1, -0.05) is 12.1 Å². The number of halogens is 1. The summed E-state index contributed by atoms with van der Waals surface area (Å²) < 4.78 is 13.2. The van der Waals surface area contributed by atoms with E-state index in [2.05, 4.69) is 0 Å². The first-order valence-corrected chi connectivity index (χ1v) is 7.92. The van der Waals surface area contributed by atoms with Crippen LogP contribution in [0.3, 0.4) is 0 Å². The fourth-order valence-electron chi connectivity index (χ4n) is 3.03. The normalized spacial score (nSPS) is 19.4. The maximum absolute atomic E-state index is 13.2. The molecular formula is C17H22FNO4. The molecule has 2 rings (SSSR count). The SMILES string of the molecule is O=C(O)CC[C@@H]1CCCCN1C(=O)C[C@H](O)c1cccc(F)c1. The predicted octanol–water partition coefficient (Wildman–Crippen LogP) is 2.50. The average molecular weight is 323 g/mol. The molecule has 1 heterocycles. The number of hydrogen-bond acceptors (Lipinski definition) is 3. The lowest BCUT2D eigenvalue weighted by Gasteiger charge is -2.36. The molecule has 1 saturated heterocycles. The van der Waals surface area contributed by atoms with Gasteiger partial charge in [0.25, 0.3) is 0 Å². The van der Waals surface area contributed by atoms with Gasteiger partial charge in [0.1, 0.15) is 5.82 Å². The molecule has 0 aliphatic carbocycles. The minimum Gasteiger partial charge on any atom is -0.481 e. The summed E-state index contributed by atoms with van der Waals surface area (Å²) in [5.41, 5.74) is 0.373. The van der Waals surface area contributed by atoms with Crippen LogP contribution >= 0.6 is 0 Å². The zero-order valence-electron chi connectivity index (χ0n) is 12.9. The number of piperidine rings is 1. The van der Waals surface area contributed by atoms with Crippen LogP contribution in [-0.2, 0) is 9.59 Å². The summed E-state index contributed by atoms with van der Waals surface area (Å²) in [6.07, 6.45) is 1.92. The van der Waals surface area contributed by atoms with Crippen LogP contribution in [0.5, 0.6) is 0 Å². The van der Waals surface area contributed by atoms with Gasteiger partial charge in [0.2, 0.25) is 5.91 Å². The molecule has 5 nitrogen and oxygen atoms in total. The molecule has 0 saturated carbocycles. The van der Waals surface area contributed by atoms with E-state index >= 15 is 0 Å². The van der Waals surface area contributed by atoms with Crippen molar-refractivity contribution in [1.29, 1.82) is 0 Å². The van der Waals surface area contributed by atoms with E-state index in [-0.39, 0.29) is 24.8 Å². The number of aliphatic carboxylic acids is 1. The fraction of sp³-hybridized carbons (Fsp3) is 0.529. The number of nitrogens with zero attached hydrogens (tertiary/aromatic N) is 1. The van der Waals surface area contributed by atoms with Gasteiger partial charge in [0.05, 0.1) is 12.5 Å². The molecule has 2 N–H and O–H groups in total. The number of carboxylic acid groups (broad SMARTS) is 1. The van der Waals surface area contributed by atoms with Crippen LogP contribution in [0.25, 0.3) is 0 Å². The van der Waals surface area contributed by atoms with Crippen LogP contribution in [0, 0.1) is 5.82 Å². The smallest absolute Gasteiger partial charge is 0.303 e. The first-order valence-electron chi connectivity index (χ1n) is 7.92. The quantitative estimate of drug-likeness (QED) is 0.843. The molecule has 1 amide bonds. The molecule has 1 fully saturated rings. The number of aliphatic hydroxyl groups excluding tert-OH is 1. The van der Waals surface area contributed by atoms with Gasteiger partial charge < -0.3 is 15.1 Å². The first kappa shape index (κ1) is 17.4. The van der Waals surface area contributed by atoms with Gasteiger partial charge in [-0.05, 0) is 43.4 Å². The van der Waals surface area contributed by atoms with E-state index in [9.17, 15) is 19.1 Å². The van der Waals surface area contributed by atoms with Crippen molar-refractivity contribution in [2.45, 2.75) is 50.7 Å². The molecular weight excluding hydrogens is 301 g/mol. The van der Waals surface area contributed by atoms with Gasteiger partial charge in [-0.2, -0.15) is 0 Å². The van der Waals surface area contributed by atoms with Gasteiger partial charge in [0.15, 0.2) is 0 Å². The number of aliphatic hydroxyl groups is 1. The number of benzene rings is 1. The summed E-state index contributed by atoms with van der Waals surface area (Å²) in [6, 6.07) is 5.49. The van der Waals surface area contributed by atoms with Crippen molar-refractivity contribution < 1.29 is 24.2 Å². The van der Waals surface area contributed by atoms with E-state index in [0.717, 1.165) is 19.3 Å². The van der Waals surface area contributed by atoms with Crippen LogP contribution in [0.4, 0.5) is 4.39 Å². The average Bonchev–Trinajstić information content (AvgIpc) is 2.53. The molecule has 1 aliphatic rings. The molecule has 1 aromatic carbocycles. The van der Waals surface area contributed by atoms with Crippen molar-refractivity contribution in [3.05, 3.63) is 35.6 Å². The van der Waals surface area contributed by atoms with Crippen molar-refractivity contribution in [3.63, 3.8) is 0 Å². The van der Waals surface area contributed by atoms with Crippen molar-refractivity contribution in [2.24, 2.45) is 0 Å². The highest BCUT2D eigenvalue weighted by Gasteiger charge is 2.28. The summed E-state index contributed by atoms with van der Waals surface area (Å²) in [5, 5.41) is 19.0. The number of carboxylic acids is 1. The van der Waals surface area contributed by atoms with Crippen LogP contribution in [0.2, 0.25) is 0 Å². The Balaban J connectivity index is 1.98. The van der Waals surface area contributed by atoms with E-state index < -0.39 is 17.9 Å². The zero-order valence-corrected chi connectivity index (χ0v) is 12.9. The summed E-state index contributed by atoms with van der Waals surface area (Å²) in [7, 11) is 0. The van der Waals surface area contributed by atoms with Gasteiger partial charge in [-0.15, -0.1) is 0 Å². The minimum atomic E-state index is -1.06. The second kappa shape index (κ2) is 8.06. The summed E-state index contributed by atoms with van der Waals surface area (Å²) in [6.45, 7) is 0.582. The molecule has 1 aromatic rings. The topological polar surface area (TPSA) is 77.8 Å². The van der Waals surface area contributed by atoms with Gasteiger partial charge in [-0.25, -0.2) is 4.39 Å². The Labute approximate surface area is 134 Å².